The highest BCUT2D eigenvalue weighted by atomic mass is 16.5. The van der Waals surface area contributed by atoms with Crippen molar-refractivity contribution in [3.05, 3.63) is 78.3 Å². The number of furan rings is 1. The van der Waals surface area contributed by atoms with Gasteiger partial charge in [0.1, 0.15) is 5.75 Å². The fraction of sp³-hybridized carbons (Fsp3) is 0.200. The van der Waals surface area contributed by atoms with Crippen LogP contribution >= 0.6 is 0 Å². The van der Waals surface area contributed by atoms with Crippen molar-refractivity contribution in [1.82, 2.24) is 5.32 Å². The van der Waals surface area contributed by atoms with E-state index in [2.05, 4.69) is 48.6 Å². The number of methoxy groups -OCH3 is 1. The molecule has 0 aliphatic carbocycles. The van der Waals surface area contributed by atoms with Gasteiger partial charge in [0.05, 0.1) is 19.6 Å². The molecule has 23 heavy (non-hydrogen) atoms. The van der Waals surface area contributed by atoms with E-state index >= 15 is 0 Å². The van der Waals surface area contributed by atoms with Gasteiger partial charge in [-0.15, -0.1) is 0 Å². The summed E-state index contributed by atoms with van der Waals surface area (Å²) in [5, 5.41) is 3.56. The highest BCUT2D eigenvalue weighted by Gasteiger charge is 2.09. The van der Waals surface area contributed by atoms with Crippen LogP contribution in [0.25, 0.3) is 11.1 Å². The minimum atomic E-state index is 0.302. The Morgan fingerprint density at radius 3 is 2.61 bits per heavy atom. The van der Waals surface area contributed by atoms with Gasteiger partial charge in [0, 0.05) is 23.7 Å². The highest BCUT2D eigenvalue weighted by Crippen LogP contribution is 2.31. The van der Waals surface area contributed by atoms with Crippen LogP contribution in [-0.4, -0.2) is 7.11 Å². The predicted molar refractivity (Wildman–Crippen MR) is 92.4 cm³/mol. The van der Waals surface area contributed by atoms with Crippen molar-refractivity contribution < 1.29 is 9.15 Å². The van der Waals surface area contributed by atoms with Gasteiger partial charge in [-0.1, -0.05) is 36.4 Å². The Bertz CT molecular complexity index is 736. The lowest BCUT2D eigenvalue weighted by atomic mass is 10.0. The van der Waals surface area contributed by atoms with Crippen molar-refractivity contribution in [2.24, 2.45) is 0 Å². The highest BCUT2D eigenvalue weighted by molar-refractivity contribution is 5.70. The van der Waals surface area contributed by atoms with Gasteiger partial charge in [0.25, 0.3) is 0 Å². The monoisotopic (exact) mass is 307 g/mol. The maximum atomic E-state index is 5.46. The standard InChI is InChI=1S/C20H21NO2/c1-15(17-6-4-3-5-7-17)21-13-16-8-9-20(22-2)19(12-16)18-10-11-23-14-18/h3-12,14-15,21H,13H2,1-2H3/t15-/m1/s1. The van der Waals surface area contributed by atoms with E-state index in [1.165, 1.54) is 11.1 Å². The van der Waals surface area contributed by atoms with Gasteiger partial charge < -0.3 is 14.5 Å². The molecule has 0 bridgehead atoms. The maximum Gasteiger partial charge on any atom is 0.126 e. The van der Waals surface area contributed by atoms with Crippen LogP contribution in [0.3, 0.4) is 0 Å². The Balaban J connectivity index is 1.75. The first kappa shape index (κ1) is 15.4. The molecule has 1 atom stereocenters. The molecule has 0 saturated carbocycles. The SMILES string of the molecule is COc1ccc(CN[C@H](C)c2ccccc2)cc1-c1ccoc1. The Labute approximate surface area is 136 Å². The topological polar surface area (TPSA) is 34.4 Å². The van der Waals surface area contributed by atoms with Gasteiger partial charge in [-0.05, 0) is 36.2 Å². The quantitative estimate of drug-likeness (QED) is 0.710. The largest absolute Gasteiger partial charge is 0.496 e. The van der Waals surface area contributed by atoms with Crippen LogP contribution in [0.1, 0.15) is 24.1 Å². The second kappa shape index (κ2) is 7.16. The molecule has 3 rings (SSSR count). The summed E-state index contributed by atoms with van der Waals surface area (Å²) in [5.41, 5.74) is 4.58. The zero-order chi connectivity index (χ0) is 16.1. The smallest absolute Gasteiger partial charge is 0.126 e. The molecule has 0 unspecified atom stereocenters. The molecule has 3 heteroatoms. The molecule has 0 aliphatic rings. The predicted octanol–water partition coefficient (Wildman–Crippen LogP) is 4.81. The number of benzene rings is 2. The third-order valence-electron chi connectivity index (χ3n) is 4.01. The van der Waals surface area contributed by atoms with E-state index < -0.39 is 0 Å². The number of hydrogen-bond donors (Lipinski definition) is 1. The summed E-state index contributed by atoms with van der Waals surface area (Å²) >= 11 is 0. The van der Waals surface area contributed by atoms with Crippen molar-refractivity contribution in [3.8, 4) is 16.9 Å². The third kappa shape index (κ3) is 3.63. The Morgan fingerprint density at radius 1 is 1.09 bits per heavy atom. The molecule has 3 nitrogen and oxygen atoms in total. The van der Waals surface area contributed by atoms with E-state index in [9.17, 15) is 0 Å². The fourth-order valence-electron chi connectivity index (χ4n) is 2.64. The molecule has 1 aromatic heterocycles. The molecule has 0 spiro atoms. The maximum absolute atomic E-state index is 5.46. The van der Waals surface area contributed by atoms with E-state index in [1.54, 1.807) is 19.6 Å². The van der Waals surface area contributed by atoms with E-state index in [0.29, 0.717) is 6.04 Å². The van der Waals surface area contributed by atoms with Gasteiger partial charge in [0.15, 0.2) is 0 Å². The van der Waals surface area contributed by atoms with Crippen LogP contribution in [0.2, 0.25) is 0 Å². The first-order valence-corrected chi connectivity index (χ1v) is 7.75. The van der Waals surface area contributed by atoms with Gasteiger partial charge in [-0.3, -0.25) is 0 Å². The first-order valence-electron chi connectivity index (χ1n) is 7.75. The molecule has 0 fully saturated rings. The summed E-state index contributed by atoms with van der Waals surface area (Å²) in [6.07, 6.45) is 3.42. The van der Waals surface area contributed by atoms with E-state index in [-0.39, 0.29) is 0 Å². The average Bonchev–Trinajstić information content (AvgIpc) is 3.14. The van der Waals surface area contributed by atoms with Crippen LogP contribution in [-0.2, 0) is 6.54 Å². The average molecular weight is 307 g/mol. The first-order chi connectivity index (χ1) is 11.3. The molecule has 1 heterocycles. The molecule has 0 aliphatic heterocycles. The Morgan fingerprint density at radius 2 is 1.91 bits per heavy atom. The van der Waals surface area contributed by atoms with Crippen molar-refractivity contribution in [1.29, 1.82) is 0 Å². The molecule has 118 valence electrons. The summed E-state index contributed by atoms with van der Waals surface area (Å²) in [7, 11) is 1.69. The van der Waals surface area contributed by atoms with Crippen molar-refractivity contribution in [3.63, 3.8) is 0 Å². The summed E-state index contributed by atoms with van der Waals surface area (Å²) in [5.74, 6) is 0.853. The summed E-state index contributed by atoms with van der Waals surface area (Å²) in [6.45, 7) is 2.97. The third-order valence-corrected chi connectivity index (χ3v) is 4.01. The Hall–Kier alpha value is -2.52. The van der Waals surface area contributed by atoms with E-state index in [0.717, 1.165) is 23.4 Å². The van der Waals surface area contributed by atoms with Crippen LogP contribution in [0.4, 0.5) is 0 Å². The fourth-order valence-corrected chi connectivity index (χ4v) is 2.64. The molecular weight excluding hydrogens is 286 g/mol. The summed E-state index contributed by atoms with van der Waals surface area (Å²) in [6, 6.07) is 18.9. The van der Waals surface area contributed by atoms with Gasteiger partial charge in [0.2, 0.25) is 0 Å². The van der Waals surface area contributed by atoms with Crippen LogP contribution < -0.4 is 10.1 Å². The molecule has 0 amide bonds. The lowest BCUT2D eigenvalue weighted by Gasteiger charge is -2.15. The van der Waals surface area contributed by atoms with E-state index in [4.69, 9.17) is 9.15 Å². The lowest BCUT2D eigenvalue weighted by Crippen LogP contribution is -2.18. The molecular formula is C20H21NO2. The van der Waals surface area contributed by atoms with Crippen LogP contribution in [0.15, 0.2) is 71.5 Å². The van der Waals surface area contributed by atoms with Crippen LogP contribution in [0.5, 0.6) is 5.75 Å². The lowest BCUT2D eigenvalue weighted by molar-refractivity contribution is 0.416. The normalized spacial score (nSPS) is 12.1. The van der Waals surface area contributed by atoms with Gasteiger partial charge >= 0.3 is 0 Å². The number of nitrogens with one attached hydrogen (secondary N) is 1. The zero-order valence-electron chi connectivity index (χ0n) is 13.5. The summed E-state index contributed by atoms with van der Waals surface area (Å²) in [4.78, 5) is 0. The molecule has 0 radical (unpaired) electrons. The van der Waals surface area contributed by atoms with Crippen LogP contribution in [0, 0.1) is 0 Å². The number of rotatable bonds is 6. The Kier molecular flexibility index (Phi) is 4.79. The van der Waals surface area contributed by atoms with Crippen molar-refractivity contribution >= 4 is 0 Å². The van der Waals surface area contributed by atoms with Gasteiger partial charge in [-0.2, -0.15) is 0 Å². The van der Waals surface area contributed by atoms with Crippen molar-refractivity contribution in [2.45, 2.75) is 19.5 Å². The molecule has 2 aromatic carbocycles. The minimum absolute atomic E-state index is 0.302. The minimum Gasteiger partial charge on any atom is -0.496 e. The van der Waals surface area contributed by atoms with Gasteiger partial charge in [-0.25, -0.2) is 0 Å². The van der Waals surface area contributed by atoms with E-state index in [1.807, 2.05) is 18.2 Å². The molecule has 1 N–H and O–H groups in total. The molecule has 3 aromatic rings. The number of ether oxygens (including phenoxy) is 1. The summed E-state index contributed by atoms with van der Waals surface area (Å²) < 4.78 is 10.7. The number of hydrogen-bond acceptors (Lipinski definition) is 3. The zero-order valence-corrected chi connectivity index (χ0v) is 13.5. The van der Waals surface area contributed by atoms with Crippen molar-refractivity contribution in [2.75, 3.05) is 7.11 Å². The second-order valence-electron chi connectivity index (χ2n) is 5.56. The second-order valence-corrected chi connectivity index (χ2v) is 5.56. The molecule has 0 saturated heterocycles.